The van der Waals surface area contributed by atoms with E-state index in [1.54, 1.807) is 6.08 Å². The quantitative estimate of drug-likeness (QED) is 0.0323. The molecule has 2 atom stereocenters. The van der Waals surface area contributed by atoms with E-state index in [1.807, 2.05) is 6.08 Å². The Morgan fingerprint density at radius 1 is 0.466 bits per heavy atom. The molecule has 0 aromatic carbocycles. The van der Waals surface area contributed by atoms with E-state index >= 15 is 0 Å². The van der Waals surface area contributed by atoms with Crippen LogP contribution in [0.4, 0.5) is 0 Å². The Hall–Kier alpha value is -1.66. The fourth-order valence-electron chi connectivity index (χ4n) is 7.74. The van der Waals surface area contributed by atoms with E-state index < -0.39 is 12.1 Å². The summed E-state index contributed by atoms with van der Waals surface area (Å²) in [7, 11) is 0. The van der Waals surface area contributed by atoms with Crippen molar-refractivity contribution in [1.29, 1.82) is 0 Å². The van der Waals surface area contributed by atoms with Gasteiger partial charge in [-0.15, -0.1) is 0 Å². The van der Waals surface area contributed by atoms with Crippen LogP contribution >= 0.6 is 0 Å². The molecule has 6 nitrogen and oxygen atoms in total. The third-order valence-corrected chi connectivity index (χ3v) is 11.7. The highest BCUT2D eigenvalue weighted by Crippen LogP contribution is 2.15. The van der Waals surface area contributed by atoms with Crippen LogP contribution in [0.15, 0.2) is 24.3 Å². The number of carbonyl (C=O) groups excluding carboxylic acids is 2. The van der Waals surface area contributed by atoms with E-state index in [0.717, 1.165) is 70.6 Å². The predicted molar refractivity (Wildman–Crippen MR) is 250 cm³/mol. The average molecular weight is 818 g/mol. The standard InChI is InChI=1S/C52H99NO5/c1-3-5-7-9-11-13-15-17-18-19-21-24-28-32-36-40-44-50(55)49(48-54)53-51(56)45-41-37-33-29-25-22-20-23-27-31-35-39-43-47-58-52(57)46-42-38-34-30-26-16-14-12-10-8-6-4-2/h22,25,40,44,49-50,54-55H,3-21,23-24,26-39,41-43,45-48H2,1-2H3,(H,53,56)/b25-22-,44-40+. The smallest absolute Gasteiger partial charge is 0.305 e. The van der Waals surface area contributed by atoms with Gasteiger partial charge in [0.25, 0.3) is 0 Å². The van der Waals surface area contributed by atoms with Crippen molar-refractivity contribution in [3.63, 3.8) is 0 Å². The van der Waals surface area contributed by atoms with Crippen molar-refractivity contribution < 1.29 is 24.5 Å². The lowest BCUT2D eigenvalue weighted by atomic mass is 10.0. The zero-order valence-corrected chi connectivity index (χ0v) is 38.8. The summed E-state index contributed by atoms with van der Waals surface area (Å²) in [6.45, 7) is 4.86. The van der Waals surface area contributed by atoms with E-state index in [4.69, 9.17) is 4.74 Å². The molecule has 2 unspecified atom stereocenters. The van der Waals surface area contributed by atoms with E-state index in [2.05, 4.69) is 31.3 Å². The first-order valence-electron chi connectivity index (χ1n) is 25.6. The molecule has 0 spiro atoms. The van der Waals surface area contributed by atoms with Crippen LogP contribution in [0.5, 0.6) is 0 Å². The Morgan fingerprint density at radius 3 is 1.24 bits per heavy atom. The summed E-state index contributed by atoms with van der Waals surface area (Å²) in [6, 6.07) is -0.647. The fraction of sp³-hybridized carbons (Fsp3) is 0.885. The first kappa shape index (κ1) is 56.3. The lowest BCUT2D eigenvalue weighted by Crippen LogP contribution is -2.45. The minimum atomic E-state index is -0.860. The Labute approximate surface area is 361 Å². The number of unbranched alkanes of at least 4 members (excludes halogenated alkanes) is 34. The Kier molecular flexibility index (Phi) is 46.6. The van der Waals surface area contributed by atoms with Gasteiger partial charge in [-0.05, 0) is 57.8 Å². The SMILES string of the molecule is CCCCCCCCCCCCCCCC/C=C/C(O)C(CO)NC(=O)CCCCC/C=C\CCCCCCCCOC(=O)CCCCCCCCCCCCCC. The number of ether oxygens (including phenoxy) is 1. The molecule has 0 radical (unpaired) electrons. The van der Waals surface area contributed by atoms with Crippen molar-refractivity contribution in [1.82, 2.24) is 5.32 Å². The molecule has 58 heavy (non-hydrogen) atoms. The highest BCUT2D eigenvalue weighted by Gasteiger charge is 2.18. The van der Waals surface area contributed by atoms with Gasteiger partial charge in [0.05, 0.1) is 25.4 Å². The Bertz CT molecular complexity index is 904. The molecule has 0 aliphatic heterocycles. The third kappa shape index (κ3) is 43.9. The molecule has 3 N–H and O–H groups in total. The largest absolute Gasteiger partial charge is 0.466 e. The number of aliphatic hydroxyl groups excluding tert-OH is 2. The summed E-state index contributed by atoms with van der Waals surface area (Å²) in [6.07, 6.45) is 56.0. The molecule has 0 aliphatic carbocycles. The number of nitrogens with one attached hydrogen (secondary N) is 1. The number of esters is 1. The third-order valence-electron chi connectivity index (χ3n) is 11.7. The number of allylic oxidation sites excluding steroid dienone is 3. The second-order valence-corrected chi connectivity index (χ2v) is 17.5. The van der Waals surface area contributed by atoms with Gasteiger partial charge in [0, 0.05) is 12.8 Å². The molecular formula is C52H99NO5. The van der Waals surface area contributed by atoms with Crippen molar-refractivity contribution in [2.75, 3.05) is 13.2 Å². The Morgan fingerprint density at radius 2 is 0.810 bits per heavy atom. The van der Waals surface area contributed by atoms with Crippen LogP contribution in [0.3, 0.4) is 0 Å². The van der Waals surface area contributed by atoms with Crippen molar-refractivity contribution in [3.8, 4) is 0 Å². The predicted octanol–water partition coefficient (Wildman–Crippen LogP) is 15.1. The first-order chi connectivity index (χ1) is 28.5. The first-order valence-corrected chi connectivity index (χ1v) is 25.6. The van der Waals surface area contributed by atoms with E-state index in [0.29, 0.717) is 19.4 Å². The van der Waals surface area contributed by atoms with E-state index in [-0.39, 0.29) is 18.5 Å². The van der Waals surface area contributed by atoms with Crippen LogP contribution in [0.2, 0.25) is 0 Å². The van der Waals surface area contributed by atoms with Gasteiger partial charge in [-0.3, -0.25) is 9.59 Å². The van der Waals surface area contributed by atoms with E-state index in [1.165, 1.54) is 173 Å². The van der Waals surface area contributed by atoms with Gasteiger partial charge in [0.2, 0.25) is 5.91 Å². The van der Waals surface area contributed by atoms with Gasteiger partial charge < -0.3 is 20.3 Å². The van der Waals surface area contributed by atoms with Gasteiger partial charge in [-0.25, -0.2) is 0 Å². The minimum Gasteiger partial charge on any atom is -0.466 e. The van der Waals surface area contributed by atoms with Gasteiger partial charge in [-0.2, -0.15) is 0 Å². The van der Waals surface area contributed by atoms with Crippen LogP contribution in [0.1, 0.15) is 271 Å². The maximum atomic E-state index is 12.4. The lowest BCUT2D eigenvalue weighted by Gasteiger charge is -2.19. The molecule has 0 aliphatic rings. The van der Waals surface area contributed by atoms with Crippen LogP contribution in [-0.2, 0) is 14.3 Å². The number of hydrogen-bond donors (Lipinski definition) is 3. The Balaban J connectivity index is 3.54. The molecule has 0 rings (SSSR count). The average Bonchev–Trinajstić information content (AvgIpc) is 3.22. The summed E-state index contributed by atoms with van der Waals surface area (Å²) in [4.78, 5) is 24.4. The zero-order valence-electron chi connectivity index (χ0n) is 38.8. The van der Waals surface area contributed by atoms with E-state index in [9.17, 15) is 19.8 Å². The summed E-state index contributed by atoms with van der Waals surface area (Å²) < 4.78 is 5.44. The molecular weight excluding hydrogens is 719 g/mol. The molecule has 342 valence electrons. The summed E-state index contributed by atoms with van der Waals surface area (Å²) in [5.74, 6) is -0.111. The lowest BCUT2D eigenvalue weighted by molar-refractivity contribution is -0.143. The molecule has 0 fully saturated rings. The second-order valence-electron chi connectivity index (χ2n) is 17.5. The molecule has 0 aromatic rings. The van der Waals surface area contributed by atoms with Gasteiger partial charge >= 0.3 is 5.97 Å². The molecule has 1 amide bonds. The highest BCUT2D eigenvalue weighted by molar-refractivity contribution is 5.76. The number of hydrogen-bond acceptors (Lipinski definition) is 5. The fourth-order valence-corrected chi connectivity index (χ4v) is 7.74. The van der Waals surface area contributed by atoms with Crippen molar-refractivity contribution in [3.05, 3.63) is 24.3 Å². The molecule has 0 saturated carbocycles. The molecule has 0 bridgehead atoms. The monoisotopic (exact) mass is 818 g/mol. The minimum absolute atomic E-state index is 0.0136. The van der Waals surface area contributed by atoms with Gasteiger partial charge in [0.1, 0.15) is 0 Å². The normalized spacial score (nSPS) is 12.8. The molecule has 0 heterocycles. The number of aliphatic hydroxyl groups is 2. The summed E-state index contributed by atoms with van der Waals surface area (Å²) >= 11 is 0. The van der Waals surface area contributed by atoms with Gasteiger partial charge in [0.15, 0.2) is 0 Å². The maximum absolute atomic E-state index is 12.4. The molecule has 0 aromatic heterocycles. The van der Waals surface area contributed by atoms with Crippen molar-refractivity contribution >= 4 is 11.9 Å². The van der Waals surface area contributed by atoms with Gasteiger partial charge in [-0.1, -0.05) is 224 Å². The number of rotatable bonds is 47. The number of carbonyl (C=O) groups is 2. The highest BCUT2D eigenvalue weighted by atomic mass is 16.5. The topological polar surface area (TPSA) is 95.9 Å². The van der Waals surface area contributed by atoms with Crippen molar-refractivity contribution in [2.24, 2.45) is 0 Å². The van der Waals surface area contributed by atoms with Crippen LogP contribution < -0.4 is 5.32 Å². The maximum Gasteiger partial charge on any atom is 0.305 e. The second kappa shape index (κ2) is 48.0. The van der Waals surface area contributed by atoms with Crippen molar-refractivity contribution in [2.45, 2.75) is 283 Å². The van der Waals surface area contributed by atoms with Crippen LogP contribution in [0, 0.1) is 0 Å². The summed E-state index contributed by atoms with van der Waals surface area (Å²) in [5.41, 5.74) is 0. The zero-order chi connectivity index (χ0) is 42.3. The number of amides is 1. The molecule has 6 heteroatoms. The van der Waals surface area contributed by atoms with Crippen LogP contribution in [0.25, 0.3) is 0 Å². The van der Waals surface area contributed by atoms with Crippen LogP contribution in [-0.4, -0.2) is 47.4 Å². The summed E-state index contributed by atoms with van der Waals surface area (Å²) in [5, 5.41) is 23.0. The molecule has 0 saturated heterocycles.